The van der Waals surface area contributed by atoms with E-state index >= 15 is 0 Å². The maximum atomic E-state index is 12.7. The fourth-order valence-electron chi connectivity index (χ4n) is 4.35. The molecule has 0 saturated heterocycles. The quantitative estimate of drug-likeness (QED) is 0.403. The number of nitrogens with zero attached hydrogens (tertiary/aromatic N) is 2. The summed E-state index contributed by atoms with van der Waals surface area (Å²) in [4.78, 5) is 25.4. The monoisotopic (exact) mass is 420 g/mol. The van der Waals surface area contributed by atoms with Crippen LogP contribution in [0.25, 0.3) is 5.88 Å². The van der Waals surface area contributed by atoms with Crippen molar-refractivity contribution in [2.45, 2.75) is 47.5 Å². The molecule has 4 N–H and O–H groups in total. The van der Waals surface area contributed by atoms with Gasteiger partial charge in [0.15, 0.2) is 0 Å². The van der Waals surface area contributed by atoms with Crippen molar-refractivity contribution in [3.8, 4) is 12.0 Å². The van der Waals surface area contributed by atoms with Crippen molar-refractivity contribution in [3.63, 3.8) is 0 Å². The zero-order chi connectivity index (χ0) is 22.6. The van der Waals surface area contributed by atoms with E-state index < -0.39 is 5.92 Å². The van der Waals surface area contributed by atoms with Crippen LogP contribution in [0.4, 0.5) is 0 Å². The molecule has 0 spiro atoms. The zero-order valence-corrected chi connectivity index (χ0v) is 18.3. The van der Waals surface area contributed by atoms with Crippen LogP contribution >= 0.6 is 0 Å². The molecular formula is C22H24N6O3. The Morgan fingerprint density at radius 3 is 1.94 bits per heavy atom. The molecule has 0 aliphatic carbocycles. The van der Waals surface area contributed by atoms with Crippen LogP contribution in [-0.2, 0) is 0 Å². The van der Waals surface area contributed by atoms with Crippen molar-refractivity contribution in [2.75, 3.05) is 0 Å². The number of nitrogens with one attached hydrogen (secondary N) is 4. The van der Waals surface area contributed by atoms with E-state index in [2.05, 4.69) is 26.5 Å². The summed E-state index contributed by atoms with van der Waals surface area (Å²) in [5.74, 6) is 0.512. The number of furan rings is 1. The molecule has 31 heavy (non-hydrogen) atoms. The second-order valence-electron chi connectivity index (χ2n) is 7.91. The van der Waals surface area contributed by atoms with Crippen molar-refractivity contribution in [1.29, 1.82) is 5.26 Å². The Kier molecular flexibility index (Phi) is 4.65. The summed E-state index contributed by atoms with van der Waals surface area (Å²) >= 11 is 0. The predicted octanol–water partition coefficient (Wildman–Crippen LogP) is 3.01. The molecule has 0 aliphatic heterocycles. The number of aromatic nitrogens is 5. The molecule has 160 valence electrons. The molecule has 0 amide bonds. The fourth-order valence-corrected chi connectivity index (χ4v) is 4.35. The van der Waals surface area contributed by atoms with E-state index in [-0.39, 0.29) is 11.1 Å². The lowest BCUT2D eigenvalue weighted by Gasteiger charge is -2.16. The first kappa shape index (κ1) is 20.3. The maximum absolute atomic E-state index is 12.7. The summed E-state index contributed by atoms with van der Waals surface area (Å²) in [5, 5.41) is 20.7. The van der Waals surface area contributed by atoms with E-state index in [1.165, 1.54) is 0 Å². The molecule has 0 fully saturated rings. The van der Waals surface area contributed by atoms with Crippen molar-refractivity contribution in [2.24, 2.45) is 0 Å². The molecule has 0 aliphatic rings. The van der Waals surface area contributed by atoms with Gasteiger partial charge in [-0.25, -0.2) is 0 Å². The van der Waals surface area contributed by atoms with Gasteiger partial charge in [-0.1, -0.05) is 0 Å². The van der Waals surface area contributed by atoms with Gasteiger partial charge in [-0.3, -0.25) is 24.4 Å². The number of nitriles is 1. The van der Waals surface area contributed by atoms with Gasteiger partial charge >= 0.3 is 0 Å². The Hall–Kier alpha value is -3.93. The molecule has 0 aromatic carbocycles. The second kappa shape index (κ2) is 7.09. The van der Waals surface area contributed by atoms with E-state index in [0.717, 1.165) is 22.5 Å². The summed E-state index contributed by atoms with van der Waals surface area (Å²) < 4.78 is 7.81. The molecule has 4 rings (SSSR count). The van der Waals surface area contributed by atoms with Crippen molar-refractivity contribution in [3.05, 3.63) is 83.1 Å². The third-order valence-corrected chi connectivity index (χ3v) is 6.06. The fraction of sp³-hybridized carbons (Fsp3) is 0.318. The van der Waals surface area contributed by atoms with E-state index in [4.69, 9.17) is 4.42 Å². The first-order chi connectivity index (χ1) is 14.7. The average Bonchev–Trinajstić information content (AvgIpc) is 3.40. The second-order valence-corrected chi connectivity index (χ2v) is 7.91. The lowest BCUT2D eigenvalue weighted by Crippen LogP contribution is -2.20. The van der Waals surface area contributed by atoms with Gasteiger partial charge in [-0.05, 0) is 53.2 Å². The van der Waals surface area contributed by atoms with Crippen LogP contribution in [0.5, 0.6) is 0 Å². The molecular weight excluding hydrogens is 396 g/mol. The Morgan fingerprint density at radius 1 is 0.935 bits per heavy atom. The van der Waals surface area contributed by atoms with Gasteiger partial charge in [0, 0.05) is 28.3 Å². The molecule has 9 nitrogen and oxygen atoms in total. The Labute approximate surface area is 177 Å². The highest BCUT2D eigenvalue weighted by atomic mass is 16.4. The first-order valence-electron chi connectivity index (χ1n) is 9.90. The molecule has 4 aromatic rings. The minimum atomic E-state index is -0.604. The van der Waals surface area contributed by atoms with E-state index in [1.807, 2.05) is 38.3 Å². The van der Waals surface area contributed by atoms with Gasteiger partial charge in [0.25, 0.3) is 11.1 Å². The molecule has 9 heteroatoms. The molecule has 4 heterocycles. The topological polar surface area (TPSA) is 139 Å². The Balaban J connectivity index is 2.05. The maximum Gasteiger partial charge on any atom is 0.268 e. The normalized spacial score (nSPS) is 11.4. The van der Waals surface area contributed by atoms with Gasteiger partial charge in [0.2, 0.25) is 5.88 Å². The van der Waals surface area contributed by atoms with E-state index in [1.54, 1.807) is 13.8 Å². The SMILES string of the molecule is Cc1[nH][nH]c(=O)c1C(c1cc(C)n(-c2oc(C)c(C)c2C#N)c1C)c1c(C)[nH][nH]c1=O. The van der Waals surface area contributed by atoms with Gasteiger partial charge in [-0.15, -0.1) is 0 Å². The molecule has 0 radical (unpaired) electrons. The van der Waals surface area contributed by atoms with Crippen LogP contribution < -0.4 is 11.1 Å². The summed E-state index contributed by atoms with van der Waals surface area (Å²) in [5.41, 5.74) is 5.35. The van der Waals surface area contributed by atoms with Crippen LogP contribution in [0.1, 0.15) is 62.3 Å². The molecule has 4 aromatic heterocycles. The van der Waals surface area contributed by atoms with E-state index in [9.17, 15) is 14.9 Å². The van der Waals surface area contributed by atoms with Crippen molar-refractivity contribution >= 4 is 0 Å². The summed E-state index contributed by atoms with van der Waals surface area (Å²) in [6.45, 7) is 11.1. The number of aromatic amines is 4. The Morgan fingerprint density at radius 2 is 1.48 bits per heavy atom. The lowest BCUT2D eigenvalue weighted by atomic mass is 9.85. The van der Waals surface area contributed by atoms with Gasteiger partial charge in [-0.2, -0.15) is 5.26 Å². The number of H-pyrrole nitrogens is 4. The molecule has 0 unspecified atom stereocenters. The van der Waals surface area contributed by atoms with Crippen molar-refractivity contribution < 1.29 is 4.42 Å². The lowest BCUT2D eigenvalue weighted by molar-refractivity contribution is 0.503. The van der Waals surface area contributed by atoms with Crippen LogP contribution in [0.3, 0.4) is 0 Å². The summed E-state index contributed by atoms with van der Waals surface area (Å²) in [7, 11) is 0. The zero-order valence-electron chi connectivity index (χ0n) is 18.3. The van der Waals surface area contributed by atoms with Crippen molar-refractivity contribution in [1.82, 2.24) is 25.0 Å². The van der Waals surface area contributed by atoms with Crippen LogP contribution in [-0.4, -0.2) is 25.0 Å². The number of rotatable bonds is 4. The highest BCUT2D eigenvalue weighted by Gasteiger charge is 2.32. The third-order valence-electron chi connectivity index (χ3n) is 6.06. The Bertz CT molecular complexity index is 1410. The van der Waals surface area contributed by atoms with E-state index in [0.29, 0.717) is 39.7 Å². The highest BCUT2D eigenvalue weighted by Crippen LogP contribution is 2.37. The minimum absolute atomic E-state index is 0.283. The largest absolute Gasteiger partial charge is 0.443 e. The smallest absolute Gasteiger partial charge is 0.268 e. The summed E-state index contributed by atoms with van der Waals surface area (Å²) in [6, 6.07) is 4.17. The van der Waals surface area contributed by atoms with Crippen LogP contribution in [0.2, 0.25) is 0 Å². The minimum Gasteiger partial charge on any atom is -0.443 e. The summed E-state index contributed by atoms with van der Waals surface area (Å²) in [6.07, 6.45) is 0. The molecule has 0 atom stereocenters. The van der Waals surface area contributed by atoms with Gasteiger partial charge in [0.05, 0.1) is 17.0 Å². The van der Waals surface area contributed by atoms with Gasteiger partial charge in [0.1, 0.15) is 17.4 Å². The average molecular weight is 420 g/mol. The molecule has 0 saturated carbocycles. The number of aryl methyl sites for hydroxylation is 4. The van der Waals surface area contributed by atoms with Crippen LogP contribution in [0, 0.1) is 52.9 Å². The number of hydrogen-bond acceptors (Lipinski definition) is 4. The first-order valence-corrected chi connectivity index (χ1v) is 9.90. The standard InChI is InChI=1S/C22H24N6O3/c1-9-7-15(13(5)28(9)22-16(8-23)10(2)14(6)31-22)19(17-11(3)24-26-20(17)29)18-12(4)25-27-21(18)30/h7,19H,1-6H3,(H2,24,26,29)(H2,25,27,30). The third kappa shape index (κ3) is 2.91. The predicted molar refractivity (Wildman–Crippen MR) is 115 cm³/mol. The highest BCUT2D eigenvalue weighted by molar-refractivity contribution is 5.54. The number of hydrogen-bond donors (Lipinski definition) is 4. The molecule has 0 bridgehead atoms. The van der Waals surface area contributed by atoms with Crippen LogP contribution in [0.15, 0.2) is 20.1 Å². The van der Waals surface area contributed by atoms with Gasteiger partial charge < -0.3 is 14.6 Å².